The van der Waals surface area contributed by atoms with Crippen LogP contribution < -0.4 is 0 Å². The van der Waals surface area contributed by atoms with E-state index in [-0.39, 0.29) is 0 Å². The van der Waals surface area contributed by atoms with Crippen LogP contribution in [-0.4, -0.2) is 14.8 Å². The average Bonchev–Trinajstić information content (AvgIpc) is 2.58. The summed E-state index contributed by atoms with van der Waals surface area (Å²) in [6.45, 7) is 2.07. The first kappa shape index (κ1) is 7.94. The van der Waals surface area contributed by atoms with Crippen molar-refractivity contribution in [2.45, 2.75) is 6.92 Å². The highest BCUT2D eigenvalue weighted by Crippen LogP contribution is 2.29. The smallest absolute Gasteiger partial charge is 0.138 e. The molecule has 5 heteroatoms. The van der Waals surface area contributed by atoms with Gasteiger partial charge in [-0.1, -0.05) is 0 Å². The maximum atomic E-state index is 4.05. The largest absolute Gasteiger partial charge is 0.223 e. The molecule has 2 aromatic heterocycles. The molecule has 2 heterocycles. The van der Waals surface area contributed by atoms with Gasteiger partial charge >= 0.3 is 0 Å². The molecule has 0 atom stereocenters. The van der Waals surface area contributed by atoms with Crippen LogP contribution in [0.25, 0.3) is 5.00 Å². The summed E-state index contributed by atoms with van der Waals surface area (Å²) in [5.41, 5.74) is 0. The van der Waals surface area contributed by atoms with Crippen LogP contribution in [0.2, 0.25) is 0 Å². The standard InChI is InChI=1S/C7H6BrN3S/c1-5-2-6(8)7(12-5)11-4-9-3-10-11/h2-4H,1H3. The molecule has 0 bridgehead atoms. The molecule has 0 aliphatic carbocycles. The molecule has 3 nitrogen and oxygen atoms in total. The fraction of sp³-hybridized carbons (Fsp3) is 0.143. The SMILES string of the molecule is Cc1cc(Br)c(-n2cncn2)s1. The number of nitrogens with zero attached hydrogens (tertiary/aromatic N) is 3. The average molecular weight is 244 g/mol. The molecule has 0 unspecified atom stereocenters. The van der Waals surface area contributed by atoms with Gasteiger partial charge < -0.3 is 0 Å². The van der Waals surface area contributed by atoms with E-state index in [9.17, 15) is 0 Å². The topological polar surface area (TPSA) is 30.7 Å². The Morgan fingerprint density at radius 1 is 1.58 bits per heavy atom. The van der Waals surface area contributed by atoms with Gasteiger partial charge in [-0.25, -0.2) is 9.67 Å². The summed E-state index contributed by atoms with van der Waals surface area (Å²) < 4.78 is 2.82. The van der Waals surface area contributed by atoms with Crippen LogP contribution >= 0.6 is 27.3 Å². The highest BCUT2D eigenvalue weighted by atomic mass is 79.9. The molecule has 0 radical (unpaired) electrons. The minimum atomic E-state index is 1.07. The summed E-state index contributed by atoms with van der Waals surface area (Å²) in [6.07, 6.45) is 3.22. The molecule has 0 spiro atoms. The van der Waals surface area contributed by atoms with Gasteiger partial charge in [-0.3, -0.25) is 0 Å². The molecule has 0 fully saturated rings. The van der Waals surface area contributed by atoms with Crippen LogP contribution in [0.15, 0.2) is 23.2 Å². The summed E-state index contributed by atoms with van der Waals surface area (Å²) >= 11 is 5.15. The van der Waals surface area contributed by atoms with E-state index in [2.05, 4.69) is 39.0 Å². The highest BCUT2D eigenvalue weighted by Gasteiger charge is 2.05. The fourth-order valence-electron chi connectivity index (χ4n) is 0.940. The zero-order valence-corrected chi connectivity index (χ0v) is 8.76. The number of aromatic nitrogens is 3. The molecule has 0 aliphatic heterocycles. The van der Waals surface area contributed by atoms with Gasteiger partial charge in [0.05, 0.1) is 4.47 Å². The van der Waals surface area contributed by atoms with Crippen molar-refractivity contribution in [3.8, 4) is 5.00 Å². The second-order valence-electron chi connectivity index (χ2n) is 2.35. The van der Waals surface area contributed by atoms with E-state index in [1.54, 1.807) is 22.3 Å². The second kappa shape index (κ2) is 2.99. The normalized spacial score (nSPS) is 10.5. The third-order valence-corrected chi connectivity index (χ3v) is 3.33. The van der Waals surface area contributed by atoms with Crippen molar-refractivity contribution in [3.05, 3.63) is 28.1 Å². The predicted octanol–water partition coefficient (Wildman–Crippen LogP) is 2.40. The van der Waals surface area contributed by atoms with Gasteiger partial charge in [0.1, 0.15) is 17.7 Å². The molecular weight excluding hydrogens is 238 g/mol. The van der Waals surface area contributed by atoms with Gasteiger partial charge in [-0.15, -0.1) is 11.3 Å². The van der Waals surface area contributed by atoms with E-state index in [1.165, 1.54) is 11.2 Å². The maximum Gasteiger partial charge on any atom is 0.138 e. The van der Waals surface area contributed by atoms with Gasteiger partial charge in [0.15, 0.2) is 0 Å². The third kappa shape index (κ3) is 1.30. The van der Waals surface area contributed by atoms with E-state index < -0.39 is 0 Å². The third-order valence-electron chi connectivity index (χ3n) is 1.42. The van der Waals surface area contributed by atoms with Crippen LogP contribution in [-0.2, 0) is 0 Å². The van der Waals surface area contributed by atoms with Crippen molar-refractivity contribution >= 4 is 27.3 Å². The molecule has 0 N–H and O–H groups in total. The van der Waals surface area contributed by atoms with Crippen LogP contribution in [0.5, 0.6) is 0 Å². The lowest BCUT2D eigenvalue weighted by molar-refractivity contribution is 0.892. The van der Waals surface area contributed by atoms with Gasteiger partial charge in [0.2, 0.25) is 0 Å². The van der Waals surface area contributed by atoms with Crippen molar-refractivity contribution in [1.29, 1.82) is 0 Å². The molecule has 2 rings (SSSR count). The van der Waals surface area contributed by atoms with Crippen molar-refractivity contribution in [2.24, 2.45) is 0 Å². The Hall–Kier alpha value is -0.680. The Labute approximate surface area is 82.2 Å². The van der Waals surface area contributed by atoms with Crippen molar-refractivity contribution < 1.29 is 0 Å². The van der Waals surface area contributed by atoms with E-state index in [0.29, 0.717) is 0 Å². The zero-order chi connectivity index (χ0) is 8.55. The number of hydrogen-bond donors (Lipinski definition) is 0. The molecule has 12 heavy (non-hydrogen) atoms. The van der Waals surface area contributed by atoms with E-state index in [1.807, 2.05) is 0 Å². The molecule has 0 amide bonds. The van der Waals surface area contributed by atoms with Crippen molar-refractivity contribution in [3.63, 3.8) is 0 Å². The first-order valence-electron chi connectivity index (χ1n) is 3.38. The molecular formula is C7H6BrN3S. The Kier molecular flexibility index (Phi) is 1.98. The molecule has 0 aliphatic rings. The van der Waals surface area contributed by atoms with Crippen LogP contribution in [0.1, 0.15) is 4.88 Å². The van der Waals surface area contributed by atoms with Gasteiger partial charge in [0.25, 0.3) is 0 Å². The second-order valence-corrected chi connectivity index (χ2v) is 4.44. The Morgan fingerprint density at radius 2 is 2.42 bits per heavy atom. The molecule has 0 saturated carbocycles. The van der Waals surface area contributed by atoms with E-state index >= 15 is 0 Å². The number of halogens is 1. The van der Waals surface area contributed by atoms with Crippen molar-refractivity contribution in [2.75, 3.05) is 0 Å². The number of aryl methyl sites for hydroxylation is 1. The number of rotatable bonds is 1. The minimum Gasteiger partial charge on any atom is -0.223 e. The number of thiophene rings is 1. The van der Waals surface area contributed by atoms with E-state index in [4.69, 9.17) is 0 Å². The summed E-state index contributed by atoms with van der Waals surface area (Å²) in [7, 11) is 0. The molecule has 0 saturated heterocycles. The Bertz CT molecular complexity index is 379. The quantitative estimate of drug-likeness (QED) is 0.771. The zero-order valence-electron chi connectivity index (χ0n) is 6.36. The Morgan fingerprint density at radius 3 is 2.92 bits per heavy atom. The summed E-state index contributed by atoms with van der Waals surface area (Å²) in [5.74, 6) is 0. The van der Waals surface area contributed by atoms with E-state index in [0.717, 1.165) is 9.47 Å². The summed E-state index contributed by atoms with van der Waals surface area (Å²) in [5, 5.41) is 5.12. The van der Waals surface area contributed by atoms with Crippen molar-refractivity contribution in [1.82, 2.24) is 14.8 Å². The lowest BCUT2D eigenvalue weighted by Crippen LogP contribution is -1.90. The van der Waals surface area contributed by atoms with Gasteiger partial charge in [0, 0.05) is 4.88 Å². The predicted molar refractivity (Wildman–Crippen MR) is 51.7 cm³/mol. The lowest BCUT2D eigenvalue weighted by Gasteiger charge is -1.93. The lowest BCUT2D eigenvalue weighted by atomic mass is 10.5. The minimum absolute atomic E-state index is 1.07. The first-order valence-corrected chi connectivity index (χ1v) is 4.99. The molecule has 2 aromatic rings. The summed E-state index contributed by atoms with van der Waals surface area (Å²) in [4.78, 5) is 5.14. The number of hydrogen-bond acceptors (Lipinski definition) is 3. The monoisotopic (exact) mass is 243 g/mol. The van der Waals surface area contributed by atoms with Gasteiger partial charge in [-0.2, -0.15) is 5.10 Å². The Balaban J connectivity index is 2.54. The fourth-order valence-corrected chi connectivity index (χ4v) is 2.69. The summed E-state index contributed by atoms with van der Waals surface area (Å²) in [6, 6.07) is 2.07. The molecule has 0 aromatic carbocycles. The molecule has 62 valence electrons. The van der Waals surface area contributed by atoms with Crippen LogP contribution in [0.4, 0.5) is 0 Å². The highest BCUT2D eigenvalue weighted by molar-refractivity contribution is 9.10. The van der Waals surface area contributed by atoms with Gasteiger partial charge in [-0.05, 0) is 28.9 Å². The first-order chi connectivity index (χ1) is 5.77. The maximum absolute atomic E-state index is 4.05. The van der Waals surface area contributed by atoms with Crippen LogP contribution in [0.3, 0.4) is 0 Å². The van der Waals surface area contributed by atoms with Crippen LogP contribution in [0, 0.1) is 6.92 Å².